The quantitative estimate of drug-likeness (QED) is 0.883. The fourth-order valence-electron chi connectivity index (χ4n) is 4.22. The van der Waals surface area contributed by atoms with Crippen molar-refractivity contribution in [3.8, 4) is 0 Å². The van der Waals surface area contributed by atoms with Crippen LogP contribution in [0.25, 0.3) is 10.9 Å². The Balaban J connectivity index is 1.77. The largest absolute Gasteiger partial charge is 0.344 e. The van der Waals surface area contributed by atoms with Crippen LogP contribution in [0.3, 0.4) is 0 Å². The van der Waals surface area contributed by atoms with E-state index >= 15 is 0 Å². The van der Waals surface area contributed by atoms with Crippen LogP contribution in [0.5, 0.6) is 0 Å². The number of hydrogen-bond acceptors (Lipinski definition) is 3. The second-order valence-corrected chi connectivity index (χ2v) is 7.06. The topological polar surface area (TPSA) is 66.4 Å². The number of hydrogen-bond donors (Lipinski definition) is 2. The summed E-state index contributed by atoms with van der Waals surface area (Å²) >= 11 is 0. The molecule has 6 heteroatoms. The van der Waals surface area contributed by atoms with Gasteiger partial charge in [0.25, 0.3) is 0 Å². The van der Waals surface area contributed by atoms with Crippen LogP contribution in [0, 0.1) is 13.8 Å². The molecule has 3 amide bonds. The van der Waals surface area contributed by atoms with Gasteiger partial charge >= 0.3 is 6.03 Å². The van der Waals surface area contributed by atoms with Crippen molar-refractivity contribution in [3.05, 3.63) is 29.5 Å². The number of fused-ring (bicyclic) bond motifs is 1. The molecule has 0 unspecified atom stereocenters. The predicted octanol–water partition coefficient (Wildman–Crippen LogP) is 2.63. The van der Waals surface area contributed by atoms with Gasteiger partial charge in [0.05, 0.1) is 0 Å². The summed E-state index contributed by atoms with van der Waals surface area (Å²) in [4.78, 5) is 25.3. The fourth-order valence-corrected chi connectivity index (χ4v) is 4.22. The number of amides is 3. The maximum Gasteiger partial charge on any atom is 0.328 e. The first-order valence-electron chi connectivity index (χ1n) is 8.99. The van der Waals surface area contributed by atoms with E-state index in [4.69, 9.17) is 0 Å². The molecule has 2 fully saturated rings. The second kappa shape index (κ2) is 6.19. The molecule has 0 spiro atoms. The molecular weight excluding hydrogens is 316 g/mol. The van der Waals surface area contributed by atoms with E-state index < -0.39 is 0 Å². The van der Waals surface area contributed by atoms with E-state index in [1.54, 1.807) is 4.90 Å². The van der Waals surface area contributed by atoms with Crippen molar-refractivity contribution in [1.82, 2.24) is 15.2 Å². The lowest BCUT2D eigenvalue weighted by molar-refractivity contribution is -0.120. The third-order valence-corrected chi connectivity index (χ3v) is 5.47. The zero-order valence-corrected chi connectivity index (χ0v) is 14.8. The summed E-state index contributed by atoms with van der Waals surface area (Å²) in [6, 6.07) is 4.34. The van der Waals surface area contributed by atoms with Crippen LogP contribution >= 0.6 is 0 Å². The Morgan fingerprint density at radius 1 is 1.12 bits per heavy atom. The molecule has 2 aliphatic heterocycles. The van der Waals surface area contributed by atoms with Crippen LogP contribution in [0.2, 0.25) is 0 Å². The minimum Gasteiger partial charge on any atom is -0.344 e. The number of carbonyl (C=O) groups excluding carboxylic acids is 2. The van der Waals surface area contributed by atoms with Crippen molar-refractivity contribution in [2.45, 2.75) is 39.2 Å². The summed E-state index contributed by atoms with van der Waals surface area (Å²) in [6.07, 6.45) is 4.87. The number of carbonyl (C=O) groups is 2. The van der Waals surface area contributed by atoms with Crippen molar-refractivity contribution in [3.63, 3.8) is 0 Å². The molecule has 132 valence electrons. The summed E-state index contributed by atoms with van der Waals surface area (Å²) in [5.74, 6) is -0.201. The highest BCUT2D eigenvalue weighted by Crippen LogP contribution is 2.35. The number of piperidine rings is 1. The number of rotatable bonds is 2. The Labute approximate surface area is 147 Å². The standard InChI is InChI=1S/C19H24N4O2/c1-12-11-23(14-5-8-20-9-6-14)16-4-3-15(13(2)18(12)16)22-10-7-17(24)21-19(22)25/h3-4,11,14,20H,5-10H2,1-2H3,(H,21,24,25). The molecule has 0 bridgehead atoms. The Kier molecular flexibility index (Phi) is 4.00. The highest BCUT2D eigenvalue weighted by atomic mass is 16.2. The Morgan fingerprint density at radius 3 is 2.60 bits per heavy atom. The second-order valence-electron chi connectivity index (χ2n) is 7.06. The minimum atomic E-state index is -0.325. The van der Waals surface area contributed by atoms with Gasteiger partial charge in [-0.1, -0.05) is 0 Å². The summed E-state index contributed by atoms with van der Waals surface area (Å²) in [5, 5.41) is 7.05. The molecule has 1 aromatic carbocycles. The van der Waals surface area contributed by atoms with Gasteiger partial charge in [-0.15, -0.1) is 0 Å². The zero-order valence-electron chi connectivity index (χ0n) is 14.8. The van der Waals surface area contributed by atoms with Crippen LogP contribution in [0.1, 0.15) is 36.4 Å². The number of nitrogens with zero attached hydrogens (tertiary/aromatic N) is 2. The average molecular weight is 340 g/mol. The van der Waals surface area contributed by atoms with E-state index in [0.29, 0.717) is 19.0 Å². The van der Waals surface area contributed by atoms with Gasteiger partial charge in [-0.05, 0) is 63.0 Å². The number of urea groups is 1. The maximum absolute atomic E-state index is 12.2. The van der Waals surface area contributed by atoms with Gasteiger partial charge < -0.3 is 9.88 Å². The molecule has 0 atom stereocenters. The van der Waals surface area contributed by atoms with Gasteiger partial charge in [0.2, 0.25) is 5.91 Å². The minimum absolute atomic E-state index is 0.201. The fraction of sp³-hybridized carbons (Fsp3) is 0.474. The van der Waals surface area contributed by atoms with Crippen LogP contribution in [-0.2, 0) is 4.79 Å². The van der Waals surface area contributed by atoms with Gasteiger partial charge in [0, 0.05) is 41.8 Å². The van der Waals surface area contributed by atoms with Crippen LogP contribution in [-0.4, -0.2) is 36.1 Å². The number of imide groups is 1. The molecule has 0 radical (unpaired) electrons. The van der Waals surface area contributed by atoms with Gasteiger partial charge in [-0.3, -0.25) is 15.0 Å². The Hall–Kier alpha value is -2.34. The van der Waals surface area contributed by atoms with Gasteiger partial charge in [0.15, 0.2) is 0 Å². The van der Waals surface area contributed by atoms with E-state index in [-0.39, 0.29) is 11.9 Å². The molecule has 25 heavy (non-hydrogen) atoms. The summed E-state index contributed by atoms with van der Waals surface area (Å²) in [5.41, 5.74) is 4.47. The summed E-state index contributed by atoms with van der Waals surface area (Å²) in [6.45, 7) is 6.76. The molecule has 6 nitrogen and oxygen atoms in total. The van der Waals surface area contributed by atoms with Crippen molar-refractivity contribution in [1.29, 1.82) is 0 Å². The van der Waals surface area contributed by atoms with Crippen LogP contribution < -0.4 is 15.5 Å². The molecule has 0 saturated carbocycles. The Bertz CT molecular complexity index is 849. The number of benzene rings is 1. The van der Waals surface area contributed by atoms with Crippen LogP contribution in [0.4, 0.5) is 10.5 Å². The first kappa shape index (κ1) is 16.1. The normalized spacial score (nSPS) is 19.5. The molecule has 0 aliphatic carbocycles. The van der Waals surface area contributed by atoms with Crippen molar-refractivity contribution in [2.24, 2.45) is 0 Å². The smallest absolute Gasteiger partial charge is 0.328 e. The third kappa shape index (κ3) is 2.70. The number of aromatic nitrogens is 1. The number of nitrogens with one attached hydrogen (secondary N) is 2. The monoisotopic (exact) mass is 340 g/mol. The lowest BCUT2D eigenvalue weighted by Crippen LogP contribution is -2.49. The summed E-state index contributed by atoms with van der Waals surface area (Å²) in [7, 11) is 0. The maximum atomic E-state index is 12.2. The molecule has 2 aromatic rings. The molecule has 4 rings (SSSR count). The molecule has 2 N–H and O–H groups in total. The van der Waals surface area contributed by atoms with Gasteiger partial charge in [0.1, 0.15) is 0 Å². The summed E-state index contributed by atoms with van der Waals surface area (Å²) < 4.78 is 2.40. The van der Waals surface area contributed by atoms with Gasteiger partial charge in [-0.2, -0.15) is 0 Å². The highest BCUT2D eigenvalue weighted by molar-refractivity contribution is 6.07. The van der Waals surface area contributed by atoms with Gasteiger partial charge in [-0.25, -0.2) is 4.79 Å². The average Bonchev–Trinajstić information content (AvgIpc) is 2.94. The van der Waals surface area contributed by atoms with Crippen molar-refractivity contribution < 1.29 is 9.59 Å². The predicted molar refractivity (Wildman–Crippen MR) is 98.1 cm³/mol. The highest BCUT2D eigenvalue weighted by Gasteiger charge is 2.27. The Morgan fingerprint density at radius 2 is 1.88 bits per heavy atom. The first-order chi connectivity index (χ1) is 12.1. The number of aryl methyl sites for hydroxylation is 2. The molecule has 1 aromatic heterocycles. The lowest BCUT2D eigenvalue weighted by Gasteiger charge is -2.28. The molecule has 2 saturated heterocycles. The van der Waals surface area contributed by atoms with Crippen LogP contribution in [0.15, 0.2) is 18.3 Å². The first-order valence-corrected chi connectivity index (χ1v) is 8.99. The van der Waals surface area contributed by atoms with E-state index in [1.165, 1.54) is 16.5 Å². The number of anilines is 1. The van der Waals surface area contributed by atoms with E-state index in [2.05, 4.69) is 41.3 Å². The van der Waals surface area contributed by atoms with Crippen molar-refractivity contribution in [2.75, 3.05) is 24.5 Å². The zero-order chi connectivity index (χ0) is 17.6. The van der Waals surface area contributed by atoms with E-state index in [1.807, 2.05) is 6.07 Å². The molecule has 3 heterocycles. The van der Waals surface area contributed by atoms with Crippen molar-refractivity contribution >= 4 is 28.5 Å². The van der Waals surface area contributed by atoms with E-state index in [9.17, 15) is 9.59 Å². The SMILES string of the molecule is Cc1cn(C2CCNCC2)c2ccc(N3CCC(=O)NC3=O)c(C)c12. The molecular formula is C19H24N4O2. The third-order valence-electron chi connectivity index (χ3n) is 5.47. The van der Waals surface area contributed by atoms with E-state index in [0.717, 1.165) is 37.2 Å². The molecule has 2 aliphatic rings. The lowest BCUT2D eigenvalue weighted by atomic mass is 10.0.